The summed E-state index contributed by atoms with van der Waals surface area (Å²) in [5.74, 6) is 0. The average Bonchev–Trinajstić information content (AvgIpc) is 0.694. The van der Waals surface area contributed by atoms with Gasteiger partial charge in [-0.25, -0.2) is 0 Å². The van der Waals surface area contributed by atoms with Gasteiger partial charge in [-0.1, -0.05) is 0 Å². The summed E-state index contributed by atoms with van der Waals surface area (Å²) in [5.41, 5.74) is 0. The van der Waals surface area contributed by atoms with Crippen LogP contribution in [0.5, 0.6) is 0 Å². The van der Waals surface area contributed by atoms with E-state index in [-0.39, 0.29) is 0 Å². The van der Waals surface area contributed by atoms with Crippen molar-refractivity contribution in [2.45, 2.75) is 0 Å². The van der Waals surface area contributed by atoms with Gasteiger partial charge in [-0.3, -0.25) is 7.56 Å². The molecule has 0 bridgehead atoms. The molecule has 0 nitrogen and oxygen atoms in total. The molecule has 0 aromatic carbocycles. The average molecular weight is 1580 g/mol. The van der Waals surface area contributed by atoms with E-state index in [0.29, 0.717) is 0 Å². The van der Waals surface area contributed by atoms with E-state index >= 15 is 0 Å². The Balaban J connectivity index is 18.7. The molecule has 144 heavy (non-hydrogen) atoms. The fraction of sp³-hybridized carbons (Fsp3) is 0. The van der Waals surface area contributed by atoms with Gasteiger partial charge in [-0.2, -0.15) is 0 Å². The van der Waals surface area contributed by atoms with E-state index in [1.54, 1.807) is 0 Å². The van der Waals surface area contributed by atoms with Crippen LogP contribution in [0.1, 0.15) is 0 Å². The highest BCUT2D eigenvalue weighted by atomic mass is 31.1. The Bertz CT molecular complexity index is 2540. The maximum atomic E-state index is 7.97. The Morgan fingerprint density at radius 2 is 0.125 bits per heavy atom. The standard InChI is InChI=1S/B143P/c1-74(2)110(73)128(109(71)72)137(127(107(67)68)108(69)70)142(138(129(111(75(3)4)76(5)6)112(77(7)8)78(9)10)130(113(79(11)12)80(13)14)114(81(15)16)82(17)18)144(141(135(123(99(51)52)100(53)54)124(101(55)56)102(57)58)136(125(103(59)60)104(61)62)126(105(63)64)106(65)66)143(139(131(115(83(19)20)84(21)22)116(85(23)24)86(25)26)132(117(87(27)28)88(29)30)118(89(31)32)90(33)34)140(133(119(91(35)36)92(37)38)120(93(39)40)94(41)42)134(121(95(43)44)96(45)46)122(97(47)48)98(49)50. The van der Waals surface area contributed by atoms with Crippen molar-refractivity contribution in [3.05, 3.63) is 0 Å². The zero-order valence-corrected chi connectivity index (χ0v) is 83.9. The molecule has 0 fully saturated rings. The van der Waals surface area contributed by atoms with Gasteiger partial charge in [0.15, 0.2) is 0 Å². The van der Waals surface area contributed by atoms with Crippen LogP contribution in [0, 0.1) is 0 Å². The largest absolute Gasteiger partial charge is 0.253 e. The molecule has 0 saturated heterocycles. The first-order valence-electron chi connectivity index (χ1n) is 47.4. The van der Waals surface area contributed by atoms with Gasteiger partial charge in [0, 0.05) is 993 Å². The Morgan fingerprint density at radius 1 is 0.0625 bits per heavy atom. The molecular formula is B143P. The second-order valence-corrected chi connectivity index (χ2v) is 43.3. The molecule has 144 heteroatoms. The lowest BCUT2D eigenvalue weighted by molar-refractivity contribution is 3.16. The molecule has 0 aliphatic rings. The van der Waals surface area contributed by atoms with E-state index < -0.39 is 454 Å². The zero-order valence-electron chi connectivity index (χ0n) is 83.0. The molecule has 1 atom stereocenters. The van der Waals surface area contributed by atoms with Gasteiger partial charge < -0.3 is 0 Å². The van der Waals surface area contributed by atoms with E-state index in [1.165, 1.54) is 0 Å². The summed E-state index contributed by atoms with van der Waals surface area (Å²) in [6.45, 7) is 0. The Kier molecular flexibility index (Phi) is 75.6. The van der Waals surface area contributed by atoms with E-state index in [0.717, 1.165) is 0 Å². The van der Waals surface area contributed by atoms with Gasteiger partial charge in [0.2, 0.25) is 0 Å². The first-order valence-corrected chi connectivity index (χ1v) is 49.0. The number of hydrogen-bond acceptors (Lipinski definition) is 0. The van der Waals surface area contributed by atoms with Crippen LogP contribution in [-0.4, -0.2) is 1010 Å². The highest BCUT2D eigenvalue weighted by molar-refractivity contribution is 8.66. The van der Waals surface area contributed by atoms with Gasteiger partial charge in [0.1, 0.15) is 0 Å². The van der Waals surface area contributed by atoms with Gasteiger partial charge in [0.05, 0.1) is 18.6 Å². The molecule has 434 valence electrons. The Labute approximate surface area is 1010 Å². The lowest BCUT2D eigenvalue weighted by Crippen LogP contribution is -2.98. The molecule has 0 aliphatic carbocycles. The quantitative estimate of drug-likeness (QED) is 0.0421. The molecule has 0 saturated carbocycles. The molecule has 0 N–H and O–H groups in total. The molecule has 0 aromatic rings. The Morgan fingerprint density at radius 3 is 0.194 bits per heavy atom. The molecular weight excluding hydrogens is 1580 g/mol. The van der Waals surface area contributed by atoms with Crippen LogP contribution in [0.25, 0.3) is 0 Å². The highest BCUT2D eigenvalue weighted by Crippen LogP contribution is 2.55. The van der Waals surface area contributed by atoms with E-state index in [2.05, 4.69) is 0 Å². The van der Waals surface area contributed by atoms with Crippen LogP contribution >= 0.6 is 7.56 Å². The fourth-order valence-corrected chi connectivity index (χ4v) is 31.5. The van der Waals surface area contributed by atoms with Crippen LogP contribution in [0.15, 0.2) is 0 Å². The smallest absolute Gasteiger partial charge is 0.0527 e. The molecule has 1 unspecified atom stereocenters. The van der Waals surface area contributed by atoms with Crippen molar-refractivity contribution in [1.82, 2.24) is 0 Å². The molecule has 0 aliphatic heterocycles. The second-order valence-electron chi connectivity index (χ2n) is 40.6. The van der Waals surface area contributed by atoms with Crippen LogP contribution in [0.4, 0.5) is 0 Å². The lowest BCUT2D eigenvalue weighted by Gasteiger charge is -2.66. The lowest BCUT2D eigenvalue weighted by atomic mass is 8.26. The van der Waals surface area contributed by atoms with Crippen LogP contribution in [0.3, 0.4) is 0 Å². The minimum atomic E-state index is -4.77. The normalized spacial score (nSPS) is 10.1. The Hall–Kier alpha value is 9.72. The van der Waals surface area contributed by atoms with Crippen LogP contribution in [-0.2, 0) is 0 Å². The summed E-state index contributed by atoms with van der Waals surface area (Å²) >= 11 is 0. The maximum Gasteiger partial charge on any atom is 0.0527 e. The second kappa shape index (κ2) is 70.9. The third kappa shape index (κ3) is 41.1. The molecule has 0 aromatic heterocycles. The molecule has 0 spiro atoms. The fourth-order valence-electron chi connectivity index (χ4n) is 25.6. The van der Waals surface area contributed by atoms with Gasteiger partial charge in [-0.05, 0) is 0 Å². The molecule has 0 amide bonds. The van der Waals surface area contributed by atoms with Crippen molar-refractivity contribution in [2.24, 2.45) is 0 Å². The predicted octanol–water partition coefficient (Wildman–Crippen LogP) is -53.6. The van der Waals surface area contributed by atoms with E-state index in [1.807, 2.05) is 0 Å². The highest BCUT2D eigenvalue weighted by Gasteiger charge is 2.73. The minimum absolute atomic E-state index is 2.09. The van der Waals surface area contributed by atoms with Gasteiger partial charge in [0.25, 0.3) is 0 Å². The first-order chi connectivity index (χ1) is 65.5. The van der Waals surface area contributed by atoms with Crippen molar-refractivity contribution in [3.63, 3.8) is 0 Å². The van der Waals surface area contributed by atoms with Crippen LogP contribution < -0.4 is 0 Å². The minimum Gasteiger partial charge on any atom is -0.253 e. The molecule has 146 radical (unpaired) electrons. The molecule has 0 heterocycles. The maximum absolute atomic E-state index is 7.97. The number of rotatable bonds is 70. The first kappa shape index (κ1) is 154. The summed E-state index contributed by atoms with van der Waals surface area (Å²) in [7, 11) is 548. The topological polar surface area (TPSA) is 0 Å². The van der Waals surface area contributed by atoms with E-state index in [4.69, 9.17) is 565 Å². The van der Waals surface area contributed by atoms with Crippen molar-refractivity contribution in [2.75, 3.05) is 0 Å². The van der Waals surface area contributed by atoms with Gasteiger partial charge in [-0.15, -0.1) is 0 Å². The molecule has 0 rings (SSSR count). The van der Waals surface area contributed by atoms with Crippen molar-refractivity contribution >= 4 is 1020 Å². The SMILES string of the molecule is [B]B([B])B([B])B(B([B])[B])B(B(B([B])[B])B([B])[B])B(B(B(B(B([B])[B])B([B])[B])B(B([B])[B])B([B])[B])B(B(B([B])[B])B([B])[B])B(B([B])[B])B([B])[B])P(B(B(B(B([B])[B])B([B])[B])B(B([B])[B])B([B])[B])B(B(B([B])[B])B([B])[B])B(B([B])[B])B([B])[B])B(B(B(B(B([B])[B])B([B])[B])B(B([B])[B])B([B])[B])B(B(B([B])[B])B([B])[B])B(B([B])[B])B([B])[B])B(B(B(B([B])[B])B([B])[B])B(B([B])[B])B([B])[B])B(B(B([B])[B])B([B])[B])B(B([B])[B])B([B])[B]. The summed E-state index contributed by atoms with van der Waals surface area (Å²) in [6.07, 6.45) is -162. The van der Waals surface area contributed by atoms with Crippen molar-refractivity contribution in [1.29, 1.82) is 0 Å². The van der Waals surface area contributed by atoms with Crippen molar-refractivity contribution in [3.8, 4) is 0 Å². The number of hydrogen-bond donors (Lipinski definition) is 0. The summed E-state index contributed by atoms with van der Waals surface area (Å²) < 4.78 is 0. The third-order valence-corrected chi connectivity index (χ3v) is 34.6. The third-order valence-electron chi connectivity index (χ3n) is 30.5. The zero-order chi connectivity index (χ0) is 114. The summed E-state index contributed by atoms with van der Waals surface area (Å²) in [4.78, 5) is 0. The monoisotopic (exact) mass is 1610 g/mol. The van der Waals surface area contributed by atoms with Crippen molar-refractivity contribution < 1.29 is 0 Å². The predicted molar refractivity (Wildman–Crippen MR) is 830 cm³/mol. The summed E-state index contributed by atoms with van der Waals surface area (Å²) in [6, 6.07) is 0. The van der Waals surface area contributed by atoms with Crippen LogP contribution in [0.2, 0.25) is 0 Å². The summed E-state index contributed by atoms with van der Waals surface area (Å²) in [5, 5.41) is 0. The van der Waals surface area contributed by atoms with E-state index in [9.17, 15) is 0 Å². The van der Waals surface area contributed by atoms with Gasteiger partial charge >= 0.3 is 0 Å².